The van der Waals surface area contributed by atoms with Crippen LogP contribution in [0.15, 0.2) is 18.3 Å². The third kappa shape index (κ3) is 3.41. The molecule has 1 aromatic rings. The number of carbonyl (C=O) groups is 1. The summed E-state index contributed by atoms with van der Waals surface area (Å²) in [5.74, 6) is -1.10. The molecule has 0 aromatic carbocycles. The molecule has 0 amide bonds. The third-order valence-electron chi connectivity index (χ3n) is 2.59. The van der Waals surface area contributed by atoms with Crippen LogP contribution in [0.2, 0.25) is 0 Å². The maximum atomic E-state index is 10.7. The summed E-state index contributed by atoms with van der Waals surface area (Å²) in [7, 11) is 0. The van der Waals surface area contributed by atoms with E-state index in [4.69, 9.17) is 5.11 Å². The molecule has 1 atom stereocenters. The van der Waals surface area contributed by atoms with Gasteiger partial charge < -0.3 is 20.1 Å². The Morgan fingerprint density at radius 1 is 1.61 bits per heavy atom. The standard InChI is InChI=1S/C11H15N3O4/c1-3-13(8(2)6-11(15)16)9-4-5-10(12-7-9)14(17)18/h4-5,7-8H,3,6H2,1-2H3,(H,15,16). The second-order valence-corrected chi connectivity index (χ2v) is 3.86. The number of hydrogen-bond acceptors (Lipinski definition) is 5. The van der Waals surface area contributed by atoms with Crippen molar-refractivity contribution in [3.8, 4) is 0 Å². The molecule has 0 saturated heterocycles. The lowest BCUT2D eigenvalue weighted by Gasteiger charge is -2.28. The largest absolute Gasteiger partial charge is 0.481 e. The van der Waals surface area contributed by atoms with Crippen LogP contribution in [0.5, 0.6) is 0 Å². The van der Waals surface area contributed by atoms with Crippen LogP contribution in [0.4, 0.5) is 11.5 Å². The summed E-state index contributed by atoms with van der Waals surface area (Å²) in [6.45, 7) is 4.28. The number of nitro groups is 1. The van der Waals surface area contributed by atoms with E-state index in [9.17, 15) is 14.9 Å². The van der Waals surface area contributed by atoms with Gasteiger partial charge in [-0.15, -0.1) is 0 Å². The first-order chi connectivity index (χ1) is 8.45. The molecule has 0 bridgehead atoms. The number of anilines is 1. The average Bonchev–Trinajstić information content (AvgIpc) is 2.29. The van der Waals surface area contributed by atoms with Gasteiger partial charge in [0.15, 0.2) is 6.20 Å². The number of rotatable bonds is 6. The number of hydrogen-bond donors (Lipinski definition) is 1. The smallest absolute Gasteiger partial charge is 0.363 e. The van der Waals surface area contributed by atoms with Gasteiger partial charge in [0.2, 0.25) is 0 Å². The van der Waals surface area contributed by atoms with Gasteiger partial charge in [0, 0.05) is 18.7 Å². The molecule has 0 fully saturated rings. The van der Waals surface area contributed by atoms with Crippen molar-refractivity contribution in [3.05, 3.63) is 28.4 Å². The van der Waals surface area contributed by atoms with Crippen LogP contribution in [-0.4, -0.2) is 33.6 Å². The van der Waals surface area contributed by atoms with Crippen molar-refractivity contribution in [3.63, 3.8) is 0 Å². The number of nitrogens with zero attached hydrogens (tertiary/aromatic N) is 3. The molecule has 0 spiro atoms. The molecule has 0 aliphatic heterocycles. The average molecular weight is 253 g/mol. The van der Waals surface area contributed by atoms with Gasteiger partial charge in [0.25, 0.3) is 0 Å². The first kappa shape index (κ1) is 13.9. The number of aromatic nitrogens is 1. The van der Waals surface area contributed by atoms with E-state index in [0.29, 0.717) is 12.2 Å². The summed E-state index contributed by atoms with van der Waals surface area (Å²) < 4.78 is 0. The Morgan fingerprint density at radius 3 is 2.67 bits per heavy atom. The number of pyridine rings is 1. The Balaban J connectivity index is 2.88. The van der Waals surface area contributed by atoms with Gasteiger partial charge in [-0.2, -0.15) is 0 Å². The summed E-state index contributed by atoms with van der Waals surface area (Å²) in [5.41, 5.74) is 0.678. The van der Waals surface area contributed by atoms with Crippen LogP contribution >= 0.6 is 0 Å². The molecule has 1 rings (SSSR count). The van der Waals surface area contributed by atoms with Crippen LogP contribution in [-0.2, 0) is 4.79 Å². The minimum atomic E-state index is -0.879. The minimum absolute atomic E-state index is 0.00479. The quantitative estimate of drug-likeness (QED) is 0.612. The monoisotopic (exact) mass is 253 g/mol. The molecule has 1 unspecified atom stereocenters. The molecule has 98 valence electrons. The van der Waals surface area contributed by atoms with E-state index in [1.165, 1.54) is 12.3 Å². The van der Waals surface area contributed by atoms with Gasteiger partial charge in [-0.25, -0.2) is 0 Å². The van der Waals surface area contributed by atoms with E-state index in [2.05, 4.69) is 4.98 Å². The maximum Gasteiger partial charge on any atom is 0.363 e. The van der Waals surface area contributed by atoms with Crippen LogP contribution in [0.1, 0.15) is 20.3 Å². The van der Waals surface area contributed by atoms with Crippen LogP contribution in [0, 0.1) is 10.1 Å². The van der Waals surface area contributed by atoms with E-state index in [1.54, 1.807) is 13.0 Å². The summed E-state index contributed by atoms with van der Waals surface area (Å²) in [5, 5.41) is 19.2. The highest BCUT2D eigenvalue weighted by atomic mass is 16.6. The third-order valence-corrected chi connectivity index (χ3v) is 2.59. The highest BCUT2D eigenvalue weighted by molar-refractivity contribution is 5.68. The molecule has 1 aromatic heterocycles. The van der Waals surface area contributed by atoms with Gasteiger partial charge >= 0.3 is 11.8 Å². The van der Waals surface area contributed by atoms with Crippen molar-refractivity contribution in [1.29, 1.82) is 0 Å². The molecule has 18 heavy (non-hydrogen) atoms. The van der Waals surface area contributed by atoms with Gasteiger partial charge in [-0.3, -0.25) is 4.79 Å². The lowest BCUT2D eigenvalue weighted by atomic mass is 10.2. The Hall–Kier alpha value is -2.18. The number of carboxylic acids is 1. The number of aliphatic carboxylic acids is 1. The Labute approximate surface area is 104 Å². The molecule has 1 N–H and O–H groups in total. The van der Waals surface area contributed by atoms with Gasteiger partial charge in [0.05, 0.1) is 12.1 Å². The topological polar surface area (TPSA) is 96.6 Å². The second-order valence-electron chi connectivity index (χ2n) is 3.86. The van der Waals surface area contributed by atoms with Crippen molar-refractivity contribution in [2.45, 2.75) is 26.3 Å². The van der Waals surface area contributed by atoms with Crippen molar-refractivity contribution >= 4 is 17.5 Å². The lowest BCUT2D eigenvalue weighted by Crippen LogP contribution is -2.34. The molecule has 1 heterocycles. The van der Waals surface area contributed by atoms with E-state index >= 15 is 0 Å². The Kier molecular flexibility index (Phi) is 4.59. The highest BCUT2D eigenvalue weighted by Gasteiger charge is 2.18. The zero-order valence-electron chi connectivity index (χ0n) is 10.2. The first-order valence-corrected chi connectivity index (χ1v) is 5.54. The second kappa shape index (κ2) is 5.95. The lowest BCUT2D eigenvalue weighted by molar-refractivity contribution is -0.389. The minimum Gasteiger partial charge on any atom is -0.481 e. The fraction of sp³-hybridized carbons (Fsp3) is 0.455. The normalized spacial score (nSPS) is 11.9. The van der Waals surface area contributed by atoms with Gasteiger partial charge in [0.1, 0.15) is 0 Å². The van der Waals surface area contributed by atoms with E-state index in [0.717, 1.165) is 0 Å². The van der Waals surface area contributed by atoms with Crippen molar-refractivity contribution in [2.24, 2.45) is 0 Å². The Morgan fingerprint density at radius 2 is 2.28 bits per heavy atom. The molecule has 0 saturated carbocycles. The number of carboxylic acid groups (broad SMARTS) is 1. The molecule has 0 radical (unpaired) electrons. The predicted molar refractivity (Wildman–Crippen MR) is 65.6 cm³/mol. The van der Waals surface area contributed by atoms with E-state index < -0.39 is 10.9 Å². The molecule has 0 aliphatic carbocycles. The van der Waals surface area contributed by atoms with Gasteiger partial charge in [-0.1, -0.05) is 0 Å². The fourth-order valence-corrected chi connectivity index (χ4v) is 1.77. The molecule has 7 heteroatoms. The van der Waals surface area contributed by atoms with Crippen LogP contribution in [0.3, 0.4) is 0 Å². The molecular weight excluding hydrogens is 238 g/mol. The molecular formula is C11H15N3O4. The zero-order valence-corrected chi connectivity index (χ0v) is 10.2. The highest BCUT2D eigenvalue weighted by Crippen LogP contribution is 2.19. The summed E-state index contributed by atoms with van der Waals surface area (Å²) in [6.07, 6.45) is 1.39. The van der Waals surface area contributed by atoms with Crippen LogP contribution in [0.25, 0.3) is 0 Å². The SMILES string of the molecule is CCN(c1ccc([N+](=O)[O-])nc1)C(C)CC(=O)O. The first-order valence-electron chi connectivity index (χ1n) is 5.54. The van der Waals surface area contributed by atoms with Crippen LogP contribution < -0.4 is 4.90 Å². The Bertz CT molecular complexity index is 432. The van der Waals surface area contributed by atoms with E-state index in [1.807, 2.05) is 11.8 Å². The van der Waals surface area contributed by atoms with Gasteiger partial charge in [-0.05, 0) is 29.8 Å². The van der Waals surface area contributed by atoms with Crippen molar-refractivity contribution < 1.29 is 14.8 Å². The predicted octanol–water partition coefficient (Wildman–Crippen LogP) is 1.68. The molecule has 7 nitrogen and oxygen atoms in total. The van der Waals surface area contributed by atoms with Crippen molar-refractivity contribution in [1.82, 2.24) is 4.98 Å². The maximum absolute atomic E-state index is 10.7. The summed E-state index contributed by atoms with van der Waals surface area (Å²) in [4.78, 5) is 26.1. The van der Waals surface area contributed by atoms with Crippen molar-refractivity contribution in [2.75, 3.05) is 11.4 Å². The fourth-order valence-electron chi connectivity index (χ4n) is 1.77. The summed E-state index contributed by atoms with van der Waals surface area (Å²) in [6, 6.07) is 2.69. The summed E-state index contributed by atoms with van der Waals surface area (Å²) >= 11 is 0. The molecule has 0 aliphatic rings. The van der Waals surface area contributed by atoms with E-state index in [-0.39, 0.29) is 18.3 Å². The zero-order chi connectivity index (χ0) is 13.7.